The van der Waals surface area contributed by atoms with Gasteiger partial charge in [0, 0.05) is 32.3 Å². The Morgan fingerprint density at radius 1 is 0.556 bits per heavy atom. The first kappa shape index (κ1) is 28.9. The smallest absolute Gasteiger partial charge is 0.139 e. The van der Waals surface area contributed by atoms with E-state index in [-0.39, 0.29) is 0 Å². The van der Waals surface area contributed by atoms with Crippen LogP contribution in [0.2, 0.25) is 0 Å². The Morgan fingerprint density at radius 2 is 1.18 bits per heavy atom. The quantitative estimate of drug-likeness (QED) is 0.181. The molecule has 0 saturated carbocycles. The number of aromatic nitrogens is 3. The van der Waals surface area contributed by atoms with E-state index in [1.54, 1.807) is 11.3 Å². The number of pyridine rings is 3. The fourth-order valence-electron chi connectivity index (χ4n) is 6.10. The standard InChI is InChI=1S/C40H36N4S/c1-25(2)29-15-9-16-30(26(3)4)38(29)44(36-21-11-19-34(42-36)28-13-7-6-8-14-28)37-22-12-20-35(43-37)33-18-10-17-31-32-24-23-27(5)41-40(32)45-39(31)33/h6-26H,1-5H3. The largest absolute Gasteiger partial charge is 0.278 e. The molecule has 0 aliphatic carbocycles. The number of anilines is 3. The molecule has 0 fully saturated rings. The normalized spacial score (nSPS) is 11.6. The molecule has 0 aliphatic rings. The highest BCUT2D eigenvalue weighted by Gasteiger charge is 2.25. The van der Waals surface area contributed by atoms with Crippen molar-refractivity contribution < 1.29 is 0 Å². The average Bonchev–Trinajstić information content (AvgIpc) is 3.43. The minimum atomic E-state index is 0.310. The number of aryl methyl sites for hydroxylation is 1. The van der Waals surface area contributed by atoms with E-state index < -0.39 is 0 Å². The van der Waals surface area contributed by atoms with Gasteiger partial charge in [0.1, 0.15) is 16.5 Å². The van der Waals surface area contributed by atoms with E-state index in [0.29, 0.717) is 11.8 Å². The molecule has 0 bridgehead atoms. The summed E-state index contributed by atoms with van der Waals surface area (Å²) in [6.07, 6.45) is 0. The Bertz CT molecular complexity index is 2120. The predicted octanol–water partition coefficient (Wildman–Crippen LogP) is 11.6. The lowest BCUT2D eigenvalue weighted by Gasteiger charge is -2.31. The number of rotatable bonds is 7. The third-order valence-corrected chi connectivity index (χ3v) is 9.49. The van der Waals surface area contributed by atoms with Crippen molar-refractivity contribution >= 4 is 49.0 Å². The maximum Gasteiger partial charge on any atom is 0.139 e. The molecule has 0 radical (unpaired) electrons. The van der Waals surface area contributed by atoms with E-state index in [0.717, 1.165) is 50.4 Å². The van der Waals surface area contributed by atoms with Gasteiger partial charge in [-0.2, -0.15) is 0 Å². The molecule has 7 aromatic rings. The summed E-state index contributed by atoms with van der Waals surface area (Å²) in [5, 5.41) is 2.41. The summed E-state index contributed by atoms with van der Waals surface area (Å²) in [7, 11) is 0. The van der Waals surface area contributed by atoms with Crippen LogP contribution in [-0.2, 0) is 0 Å². The van der Waals surface area contributed by atoms with E-state index >= 15 is 0 Å². The summed E-state index contributed by atoms with van der Waals surface area (Å²) >= 11 is 1.74. The van der Waals surface area contributed by atoms with Crippen molar-refractivity contribution in [2.75, 3.05) is 4.90 Å². The molecule has 3 aromatic carbocycles. The molecule has 0 unspecified atom stereocenters. The van der Waals surface area contributed by atoms with Gasteiger partial charge in [-0.25, -0.2) is 15.0 Å². The Hall–Kier alpha value is -4.87. The first-order chi connectivity index (χ1) is 21.9. The molecule has 222 valence electrons. The minimum Gasteiger partial charge on any atom is -0.278 e. The molecular formula is C40H36N4S. The van der Waals surface area contributed by atoms with Gasteiger partial charge >= 0.3 is 0 Å². The summed E-state index contributed by atoms with van der Waals surface area (Å²) < 4.78 is 1.21. The summed E-state index contributed by atoms with van der Waals surface area (Å²) in [6.45, 7) is 11.1. The number of thiophene rings is 1. The van der Waals surface area contributed by atoms with Crippen LogP contribution in [0, 0.1) is 6.92 Å². The van der Waals surface area contributed by atoms with Crippen molar-refractivity contribution in [1.82, 2.24) is 15.0 Å². The fraction of sp³-hybridized carbons (Fsp3) is 0.175. The number of para-hydroxylation sites is 1. The Labute approximate surface area is 269 Å². The highest BCUT2D eigenvalue weighted by molar-refractivity contribution is 7.26. The van der Waals surface area contributed by atoms with Crippen LogP contribution in [-0.4, -0.2) is 15.0 Å². The van der Waals surface area contributed by atoms with Gasteiger partial charge in [-0.15, -0.1) is 11.3 Å². The summed E-state index contributed by atoms with van der Waals surface area (Å²) in [5.41, 5.74) is 8.79. The maximum atomic E-state index is 5.41. The second-order valence-corrected chi connectivity index (χ2v) is 13.1. The van der Waals surface area contributed by atoms with Crippen LogP contribution in [0.1, 0.15) is 56.4 Å². The molecule has 0 spiro atoms. The van der Waals surface area contributed by atoms with E-state index in [2.05, 4.69) is 142 Å². The topological polar surface area (TPSA) is 41.9 Å². The van der Waals surface area contributed by atoms with Gasteiger partial charge in [-0.05, 0) is 66.3 Å². The second kappa shape index (κ2) is 11.9. The van der Waals surface area contributed by atoms with Gasteiger partial charge < -0.3 is 0 Å². The molecule has 0 atom stereocenters. The van der Waals surface area contributed by atoms with Crippen molar-refractivity contribution in [3.63, 3.8) is 0 Å². The van der Waals surface area contributed by atoms with Crippen molar-refractivity contribution in [1.29, 1.82) is 0 Å². The van der Waals surface area contributed by atoms with Crippen LogP contribution in [0.3, 0.4) is 0 Å². The molecule has 4 nitrogen and oxygen atoms in total. The zero-order valence-electron chi connectivity index (χ0n) is 26.3. The van der Waals surface area contributed by atoms with Gasteiger partial charge in [0.15, 0.2) is 0 Å². The number of nitrogens with zero attached hydrogens (tertiary/aromatic N) is 4. The lowest BCUT2D eigenvalue weighted by Crippen LogP contribution is -2.18. The van der Waals surface area contributed by atoms with E-state index in [1.165, 1.54) is 26.6 Å². The fourth-order valence-corrected chi connectivity index (χ4v) is 7.35. The van der Waals surface area contributed by atoms with Crippen LogP contribution in [0.15, 0.2) is 115 Å². The maximum absolute atomic E-state index is 5.41. The van der Waals surface area contributed by atoms with Crippen LogP contribution in [0.25, 0.3) is 42.8 Å². The van der Waals surface area contributed by atoms with Gasteiger partial charge in [0.25, 0.3) is 0 Å². The number of hydrogen-bond donors (Lipinski definition) is 0. The summed E-state index contributed by atoms with van der Waals surface area (Å²) in [5.74, 6) is 2.30. The third kappa shape index (κ3) is 5.38. The van der Waals surface area contributed by atoms with Gasteiger partial charge in [-0.3, -0.25) is 4.90 Å². The van der Waals surface area contributed by atoms with Crippen molar-refractivity contribution in [3.8, 4) is 22.5 Å². The monoisotopic (exact) mass is 604 g/mol. The molecule has 0 saturated heterocycles. The zero-order valence-corrected chi connectivity index (χ0v) is 27.1. The Balaban J connectivity index is 1.47. The predicted molar refractivity (Wildman–Crippen MR) is 191 cm³/mol. The number of benzene rings is 3. The lowest BCUT2D eigenvalue weighted by atomic mass is 9.91. The van der Waals surface area contributed by atoms with Crippen LogP contribution < -0.4 is 4.90 Å². The highest BCUT2D eigenvalue weighted by Crippen LogP contribution is 2.44. The zero-order chi connectivity index (χ0) is 31.1. The summed E-state index contributed by atoms with van der Waals surface area (Å²) in [4.78, 5) is 18.8. The van der Waals surface area contributed by atoms with Crippen molar-refractivity contribution in [2.24, 2.45) is 0 Å². The molecule has 0 aliphatic heterocycles. The molecule has 45 heavy (non-hydrogen) atoms. The van der Waals surface area contributed by atoms with Crippen molar-refractivity contribution in [3.05, 3.63) is 132 Å². The van der Waals surface area contributed by atoms with E-state index in [1.807, 2.05) is 13.0 Å². The van der Waals surface area contributed by atoms with Gasteiger partial charge in [0.2, 0.25) is 0 Å². The lowest BCUT2D eigenvalue weighted by molar-refractivity contribution is 0.828. The Kier molecular flexibility index (Phi) is 7.64. The molecule has 5 heteroatoms. The van der Waals surface area contributed by atoms with Gasteiger partial charge in [-0.1, -0.05) is 107 Å². The Morgan fingerprint density at radius 3 is 1.87 bits per heavy atom. The molecular weight excluding hydrogens is 569 g/mol. The first-order valence-electron chi connectivity index (χ1n) is 15.6. The summed E-state index contributed by atoms with van der Waals surface area (Å²) in [6, 6.07) is 40.5. The molecule has 7 rings (SSSR count). The second-order valence-electron chi connectivity index (χ2n) is 12.1. The number of hydrogen-bond acceptors (Lipinski definition) is 5. The van der Waals surface area contributed by atoms with Crippen LogP contribution in [0.5, 0.6) is 0 Å². The molecule has 4 heterocycles. The highest BCUT2D eigenvalue weighted by atomic mass is 32.1. The minimum absolute atomic E-state index is 0.310. The van der Waals surface area contributed by atoms with Crippen LogP contribution in [0.4, 0.5) is 17.3 Å². The SMILES string of the molecule is Cc1ccc2c(n1)sc1c(-c3cccc(N(c4cccc(-c5ccccc5)n4)c4c(C(C)C)cccc4C(C)C)n3)cccc12. The first-order valence-corrected chi connectivity index (χ1v) is 16.4. The van der Waals surface area contributed by atoms with E-state index in [9.17, 15) is 0 Å². The van der Waals surface area contributed by atoms with E-state index in [4.69, 9.17) is 15.0 Å². The number of fused-ring (bicyclic) bond motifs is 3. The van der Waals surface area contributed by atoms with Crippen LogP contribution >= 0.6 is 11.3 Å². The van der Waals surface area contributed by atoms with Gasteiger partial charge in [0.05, 0.1) is 17.1 Å². The average molecular weight is 605 g/mol. The third-order valence-electron chi connectivity index (χ3n) is 8.34. The molecule has 0 amide bonds. The van der Waals surface area contributed by atoms with Crippen molar-refractivity contribution in [2.45, 2.75) is 46.5 Å². The molecule has 0 N–H and O–H groups in total. The molecule has 4 aromatic heterocycles.